The third-order valence-corrected chi connectivity index (χ3v) is 4.84. The van der Waals surface area contributed by atoms with Crippen molar-refractivity contribution >= 4 is 29.1 Å². The standard InChI is InChI=1S/C17H24Cl2N2O2/c1-3-7-21(17(22)10-14-11-23-8-6-20-14)12(2)13-4-5-15(18)16(19)9-13/h4-5,9,12,14,20H,3,6-8,10-11H2,1-2H3. The summed E-state index contributed by atoms with van der Waals surface area (Å²) < 4.78 is 5.43. The second kappa shape index (κ2) is 8.88. The van der Waals surface area contributed by atoms with Crippen molar-refractivity contribution in [3.63, 3.8) is 0 Å². The van der Waals surface area contributed by atoms with Gasteiger partial charge in [0.2, 0.25) is 5.91 Å². The van der Waals surface area contributed by atoms with E-state index in [-0.39, 0.29) is 18.0 Å². The molecule has 0 spiro atoms. The quantitative estimate of drug-likeness (QED) is 0.843. The molecule has 4 nitrogen and oxygen atoms in total. The number of hydrogen-bond acceptors (Lipinski definition) is 3. The van der Waals surface area contributed by atoms with Crippen molar-refractivity contribution in [1.29, 1.82) is 0 Å². The first-order valence-electron chi connectivity index (χ1n) is 8.08. The van der Waals surface area contributed by atoms with E-state index in [0.29, 0.717) is 36.2 Å². The molecule has 2 atom stereocenters. The van der Waals surface area contributed by atoms with Crippen molar-refractivity contribution in [2.24, 2.45) is 0 Å². The highest BCUT2D eigenvalue weighted by Crippen LogP contribution is 2.28. The highest BCUT2D eigenvalue weighted by atomic mass is 35.5. The van der Waals surface area contributed by atoms with Gasteiger partial charge >= 0.3 is 0 Å². The molecule has 0 aromatic heterocycles. The maximum Gasteiger partial charge on any atom is 0.224 e. The molecule has 2 unspecified atom stereocenters. The first-order valence-corrected chi connectivity index (χ1v) is 8.84. The fourth-order valence-corrected chi connectivity index (χ4v) is 3.11. The zero-order chi connectivity index (χ0) is 16.8. The van der Waals surface area contributed by atoms with Crippen molar-refractivity contribution < 1.29 is 9.53 Å². The lowest BCUT2D eigenvalue weighted by molar-refractivity contribution is -0.134. The number of benzene rings is 1. The number of ether oxygens (including phenoxy) is 1. The molecule has 1 aliphatic rings. The van der Waals surface area contributed by atoms with E-state index in [4.69, 9.17) is 27.9 Å². The Kier molecular flexibility index (Phi) is 7.15. The topological polar surface area (TPSA) is 41.6 Å². The van der Waals surface area contributed by atoms with E-state index in [2.05, 4.69) is 12.2 Å². The Bertz CT molecular complexity index is 533. The van der Waals surface area contributed by atoms with Crippen LogP contribution in [-0.2, 0) is 9.53 Å². The van der Waals surface area contributed by atoms with Gasteiger partial charge in [0.25, 0.3) is 0 Å². The molecule has 1 aromatic rings. The van der Waals surface area contributed by atoms with Gasteiger partial charge in [-0.05, 0) is 31.0 Å². The zero-order valence-electron chi connectivity index (χ0n) is 13.6. The fourth-order valence-electron chi connectivity index (χ4n) is 2.81. The minimum Gasteiger partial charge on any atom is -0.378 e. The van der Waals surface area contributed by atoms with Gasteiger partial charge in [0.05, 0.1) is 29.3 Å². The molecule has 128 valence electrons. The van der Waals surface area contributed by atoms with Crippen LogP contribution in [0, 0.1) is 0 Å². The van der Waals surface area contributed by atoms with Crippen molar-refractivity contribution in [2.45, 2.75) is 38.8 Å². The van der Waals surface area contributed by atoms with Gasteiger partial charge in [-0.1, -0.05) is 36.2 Å². The predicted octanol–water partition coefficient (Wildman–Crippen LogP) is 3.67. The summed E-state index contributed by atoms with van der Waals surface area (Å²) in [6.45, 7) is 6.92. The summed E-state index contributed by atoms with van der Waals surface area (Å²) in [5, 5.41) is 4.37. The first kappa shape index (κ1) is 18.5. The minimum absolute atomic E-state index is 0.0401. The van der Waals surface area contributed by atoms with E-state index < -0.39 is 0 Å². The van der Waals surface area contributed by atoms with Crippen molar-refractivity contribution in [3.05, 3.63) is 33.8 Å². The summed E-state index contributed by atoms with van der Waals surface area (Å²) in [6, 6.07) is 5.60. The zero-order valence-corrected chi connectivity index (χ0v) is 15.2. The monoisotopic (exact) mass is 358 g/mol. The molecule has 1 amide bonds. The molecule has 6 heteroatoms. The van der Waals surface area contributed by atoms with E-state index in [1.54, 1.807) is 6.07 Å². The second-order valence-electron chi connectivity index (χ2n) is 5.87. The number of carbonyl (C=O) groups is 1. The van der Waals surface area contributed by atoms with Crippen molar-refractivity contribution in [2.75, 3.05) is 26.3 Å². The van der Waals surface area contributed by atoms with Crippen LogP contribution in [0.5, 0.6) is 0 Å². The maximum absolute atomic E-state index is 12.7. The van der Waals surface area contributed by atoms with Gasteiger partial charge in [0.1, 0.15) is 0 Å². The molecule has 1 heterocycles. The Morgan fingerprint density at radius 3 is 2.83 bits per heavy atom. The fraction of sp³-hybridized carbons (Fsp3) is 0.588. The molecule has 0 radical (unpaired) electrons. The highest BCUT2D eigenvalue weighted by Gasteiger charge is 2.25. The van der Waals surface area contributed by atoms with Gasteiger partial charge in [-0.3, -0.25) is 4.79 Å². The Morgan fingerprint density at radius 1 is 1.43 bits per heavy atom. The number of hydrogen-bond donors (Lipinski definition) is 1. The Morgan fingerprint density at radius 2 is 2.22 bits per heavy atom. The van der Waals surface area contributed by atoms with Crippen LogP contribution in [0.3, 0.4) is 0 Å². The number of carbonyl (C=O) groups excluding carboxylic acids is 1. The second-order valence-corrected chi connectivity index (χ2v) is 6.68. The van der Waals surface area contributed by atoms with E-state index >= 15 is 0 Å². The number of nitrogens with zero attached hydrogens (tertiary/aromatic N) is 1. The largest absolute Gasteiger partial charge is 0.378 e. The van der Waals surface area contributed by atoms with Crippen LogP contribution in [0.4, 0.5) is 0 Å². The van der Waals surface area contributed by atoms with Crippen LogP contribution in [0.1, 0.15) is 38.3 Å². The first-order chi connectivity index (χ1) is 11.0. The molecular formula is C17H24Cl2N2O2. The smallest absolute Gasteiger partial charge is 0.224 e. The molecule has 1 N–H and O–H groups in total. The Hall–Kier alpha value is -0.810. The van der Waals surface area contributed by atoms with Gasteiger partial charge in [-0.25, -0.2) is 0 Å². The minimum atomic E-state index is -0.0401. The molecule has 1 aliphatic heterocycles. The van der Waals surface area contributed by atoms with E-state index in [9.17, 15) is 4.79 Å². The lowest BCUT2D eigenvalue weighted by Gasteiger charge is -2.32. The summed E-state index contributed by atoms with van der Waals surface area (Å²) in [4.78, 5) is 14.7. The maximum atomic E-state index is 12.7. The number of morpholine rings is 1. The van der Waals surface area contributed by atoms with Gasteiger partial charge in [0, 0.05) is 25.6 Å². The number of rotatable bonds is 6. The normalized spacial score (nSPS) is 19.4. The van der Waals surface area contributed by atoms with E-state index in [0.717, 1.165) is 18.5 Å². The van der Waals surface area contributed by atoms with Crippen LogP contribution in [0.25, 0.3) is 0 Å². The summed E-state index contributed by atoms with van der Waals surface area (Å²) in [7, 11) is 0. The number of halogens is 2. The van der Waals surface area contributed by atoms with E-state index in [1.165, 1.54) is 0 Å². The lowest BCUT2D eigenvalue weighted by atomic mass is 10.0. The predicted molar refractivity (Wildman–Crippen MR) is 94.1 cm³/mol. The molecule has 0 saturated carbocycles. The summed E-state index contributed by atoms with van der Waals surface area (Å²) in [5.41, 5.74) is 0.994. The average Bonchev–Trinajstić information content (AvgIpc) is 2.55. The Labute approximate surface area is 148 Å². The molecule has 2 rings (SSSR count). The molecule has 1 aromatic carbocycles. The van der Waals surface area contributed by atoms with Crippen LogP contribution in [0.2, 0.25) is 10.0 Å². The third-order valence-electron chi connectivity index (χ3n) is 4.10. The molecule has 0 bridgehead atoms. The number of amides is 1. The summed E-state index contributed by atoms with van der Waals surface area (Å²) >= 11 is 12.1. The SMILES string of the molecule is CCCN(C(=O)CC1COCCN1)C(C)c1ccc(Cl)c(Cl)c1. The average molecular weight is 359 g/mol. The highest BCUT2D eigenvalue weighted by molar-refractivity contribution is 6.42. The summed E-state index contributed by atoms with van der Waals surface area (Å²) in [6.07, 6.45) is 1.36. The Balaban J connectivity index is 2.08. The van der Waals surface area contributed by atoms with Crippen molar-refractivity contribution in [1.82, 2.24) is 10.2 Å². The van der Waals surface area contributed by atoms with Gasteiger partial charge in [-0.15, -0.1) is 0 Å². The number of nitrogens with one attached hydrogen (secondary N) is 1. The van der Waals surface area contributed by atoms with Gasteiger partial charge in [-0.2, -0.15) is 0 Å². The molecule has 1 fully saturated rings. The van der Waals surface area contributed by atoms with Crippen LogP contribution >= 0.6 is 23.2 Å². The molecule has 1 saturated heterocycles. The molecule has 0 aliphatic carbocycles. The van der Waals surface area contributed by atoms with Gasteiger partial charge < -0.3 is 15.0 Å². The van der Waals surface area contributed by atoms with Crippen molar-refractivity contribution in [3.8, 4) is 0 Å². The third kappa shape index (κ3) is 5.08. The lowest BCUT2D eigenvalue weighted by Crippen LogP contribution is -2.45. The molecular weight excluding hydrogens is 335 g/mol. The van der Waals surface area contributed by atoms with E-state index in [1.807, 2.05) is 24.0 Å². The van der Waals surface area contributed by atoms with Crippen LogP contribution < -0.4 is 5.32 Å². The van der Waals surface area contributed by atoms with Gasteiger partial charge in [0.15, 0.2) is 0 Å². The summed E-state index contributed by atoms with van der Waals surface area (Å²) in [5.74, 6) is 0.133. The molecule has 23 heavy (non-hydrogen) atoms. The van der Waals surface area contributed by atoms with Crippen LogP contribution in [-0.4, -0.2) is 43.2 Å². The van der Waals surface area contributed by atoms with Crippen LogP contribution in [0.15, 0.2) is 18.2 Å².